The van der Waals surface area contributed by atoms with Crippen LogP contribution in [0, 0.1) is 0 Å². The highest BCUT2D eigenvalue weighted by Gasteiger charge is 2.11. The van der Waals surface area contributed by atoms with Gasteiger partial charge in [-0.1, -0.05) is 22.0 Å². The van der Waals surface area contributed by atoms with Gasteiger partial charge >= 0.3 is 0 Å². The number of pyridine rings is 1. The maximum Gasteiger partial charge on any atom is 0.277 e. The summed E-state index contributed by atoms with van der Waals surface area (Å²) < 4.78 is 2.55. The molecular weight excluding hydrogens is 344 g/mol. The summed E-state index contributed by atoms with van der Waals surface area (Å²) in [6.07, 6.45) is 5.05. The van der Waals surface area contributed by atoms with Gasteiger partial charge in [-0.3, -0.25) is 14.3 Å². The van der Waals surface area contributed by atoms with Gasteiger partial charge in [-0.2, -0.15) is 0 Å². The smallest absolute Gasteiger partial charge is 0.277 e. The lowest BCUT2D eigenvalue weighted by Gasteiger charge is -2.04. The van der Waals surface area contributed by atoms with Crippen molar-refractivity contribution in [2.75, 3.05) is 0 Å². The summed E-state index contributed by atoms with van der Waals surface area (Å²) in [7, 11) is 0. The van der Waals surface area contributed by atoms with E-state index >= 15 is 0 Å². The van der Waals surface area contributed by atoms with Crippen molar-refractivity contribution in [2.45, 2.75) is 6.54 Å². The quantitative estimate of drug-likeness (QED) is 0.601. The molecule has 4 rings (SSSR count). The number of benzene rings is 1. The Morgan fingerprint density at radius 3 is 3.00 bits per heavy atom. The number of rotatable bonds is 2. The number of nitrogens with one attached hydrogen (secondary N) is 1. The van der Waals surface area contributed by atoms with Crippen molar-refractivity contribution in [3.8, 4) is 0 Å². The fourth-order valence-electron chi connectivity index (χ4n) is 2.56. The molecule has 1 aromatic carbocycles. The number of fused-ring (bicyclic) bond motifs is 3. The minimum absolute atomic E-state index is 0.0822. The highest BCUT2D eigenvalue weighted by molar-refractivity contribution is 9.10. The average Bonchev–Trinajstić information content (AvgIpc) is 2.90. The molecule has 4 aromatic rings. The van der Waals surface area contributed by atoms with Crippen LogP contribution in [0.4, 0.5) is 0 Å². The zero-order valence-corrected chi connectivity index (χ0v) is 13.0. The third-order valence-corrected chi connectivity index (χ3v) is 4.10. The fraction of sp³-hybridized carbons (Fsp3) is 0.0625. The molecule has 6 heteroatoms. The summed E-state index contributed by atoms with van der Waals surface area (Å²) >= 11 is 3.45. The first-order valence-electron chi connectivity index (χ1n) is 6.77. The van der Waals surface area contributed by atoms with Crippen LogP contribution in [0.3, 0.4) is 0 Å². The first-order valence-corrected chi connectivity index (χ1v) is 7.57. The van der Waals surface area contributed by atoms with E-state index in [1.54, 1.807) is 23.3 Å². The number of hydrogen-bond donors (Lipinski definition) is 1. The molecule has 0 saturated heterocycles. The lowest BCUT2D eigenvalue weighted by Crippen LogP contribution is -2.21. The first-order chi connectivity index (χ1) is 10.7. The van der Waals surface area contributed by atoms with Crippen molar-refractivity contribution in [1.82, 2.24) is 19.5 Å². The molecule has 22 heavy (non-hydrogen) atoms. The van der Waals surface area contributed by atoms with Crippen LogP contribution in [0.25, 0.3) is 21.9 Å². The molecule has 0 saturated carbocycles. The zero-order chi connectivity index (χ0) is 15.1. The van der Waals surface area contributed by atoms with E-state index in [-0.39, 0.29) is 5.56 Å². The molecular formula is C16H11BrN4O. The predicted octanol–water partition coefficient (Wildman–Crippen LogP) is 3.08. The fourth-order valence-corrected chi connectivity index (χ4v) is 2.92. The second kappa shape index (κ2) is 5.06. The van der Waals surface area contributed by atoms with Gasteiger partial charge in [0, 0.05) is 27.8 Å². The Labute approximate surface area is 133 Å². The molecule has 108 valence electrons. The van der Waals surface area contributed by atoms with Crippen molar-refractivity contribution in [3.05, 3.63) is 69.4 Å². The number of aromatic amines is 1. The standard InChI is InChI=1S/C16H11BrN4O/c17-11-3-4-13-12(6-11)14-15(20-13)16(22)21(9-19-14)8-10-2-1-5-18-7-10/h1-7,9,20H,8H2. The molecule has 0 bridgehead atoms. The van der Waals surface area contributed by atoms with Crippen LogP contribution < -0.4 is 5.56 Å². The Balaban J connectivity index is 1.90. The highest BCUT2D eigenvalue weighted by Crippen LogP contribution is 2.24. The summed E-state index contributed by atoms with van der Waals surface area (Å²) in [5.74, 6) is 0. The summed E-state index contributed by atoms with van der Waals surface area (Å²) in [5.41, 5.74) is 3.01. The van der Waals surface area contributed by atoms with Gasteiger partial charge in [0.25, 0.3) is 5.56 Å². The minimum Gasteiger partial charge on any atom is -0.349 e. The molecule has 3 heterocycles. The molecule has 5 nitrogen and oxygen atoms in total. The predicted molar refractivity (Wildman–Crippen MR) is 88.9 cm³/mol. The summed E-state index contributed by atoms with van der Waals surface area (Å²) in [6.45, 7) is 0.453. The van der Waals surface area contributed by atoms with E-state index in [0.717, 1.165) is 20.9 Å². The van der Waals surface area contributed by atoms with Gasteiger partial charge in [-0.25, -0.2) is 4.98 Å². The summed E-state index contributed by atoms with van der Waals surface area (Å²) in [5, 5.41) is 0.940. The normalized spacial score (nSPS) is 11.3. The molecule has 0 radical (unpaired) electrons. The molecule has 1 N–H and O–H groups in total. The van der Waals surface area contributed by atoms with E-state index < -0.39 is 0 Å². The molecule has 0 aliphatic rings. The number of aromatic nitrogens is 4. The second-order valence-electron chi connectivity index (χ2n) is 5.08. The Morgan fingerprint density at radius 2 is 2.18 bits per heavy atom. The van der Waals surface area contributed by atoms with Crippen LogP contribution in [0.15, 0.2) is 58.3 Å². The average molecular weight is 355 g/mol. The van der Waals surface area contributed by atoms with Gasteiger partial charge in [0.1, 0.15) is 11.0 Å². The molecule has 0 aliphatic heterocycles. The van der Waals surface area contributed by atoms with E-state index in [0.29, 0.717) is 17.6 Å². The van der Waals surface area contributed by atoms with E-state index in [4.69, 9.17) is 0 Å². The third-order valence-electron chi connectivity index (χ3n) is 3.61. The van der Waals surface area contributed by atoms with Crippen LogP contribution in [-0.2, 0) is 6.54 Å². The van der Waals surface area contributed by atoms with E-state index in [1.165, 1.54) is 0 Å². The van der Waals surface area contributed by atoms with E-state index in [9.17, 15) is 4.79 Å². The second-order valence-corrected chi connectivity index (χ2v) is 5.99. The third kappa shape index (κ3) is 2.12. The molecule has 0 unspecified atom stereocenters. The van der Waals surface area contributed by atoms with Gasteiger partial charge < -0.3 is 4.98 Å². The number of hydrogen-bond acceptors (Lipinski definition) is 3. The van der Waals surface area contributed by atoms with Crippen LogP contribution >= 0.6 is 15.9 Å². The lowest BCUT2D eigenvalue weighted by molar-refractivity contribution is 0.744. The van der Waals surface area contributed by atoms with Crippen molar-refractivity contribution >= 4 is 37.9 Å². The van der Waals surface area contributed by atoms with Gasteiger partial charge in [0.05, 0.1) is 12.9 Å². The van der Waals surface area contributed by atoms with Gasteiger partial charge in [0.2, 0.25) is 0 Å². The number of nitrogens with zero attached hydrogens (tertiary/aromatic N) is 3. The number of H-pyrrole nitrogens is 1. The SMILES string of the molecule is O=c1c2[nH]c3ccc(Br)cc3c2ncn1Cc1cccnc1. The van der Waals surface area contributed by atoms with Crippen LogP contribution in [-0.4, -0.2) is 19.5 Å². The Morgan fingerprint density at radius 1 is 1.27 bits per heavy atom. The van der Waals surface area contributed by atoms with E-state index in [2.05, 4.69) is 30.9 Å². The van der Waals surface area contributed by atoms with E-state index in [1.807, 2.05) is 30.3 Å². The van der Waals surface area contributed by atoms with Crippen molar-refractivity contribution in [1.29, 1.82) is 0 Å². The zero-order valence-electron chi connectivity index (χ0n) is 11.5. The minimum atomic E-state index is -0.0822. The molecule has 3 aromatic heterocycles. The maximum atomic E-state index is 12.6. The van der Waals surface area contributed by atoms with Crippen LogP contribution in [0.2, 0.25) is 0 Å². The highest BCUT2D eigenvalue weighted by atomic mass is 79.9. The topological polar surface area (TPSA) is 63.6 Å². The number of halogens is 1. The lowest BCUT2D eigenvalue weighted by atomic mass is 10.2. The Kier molecular flexibility index (Phi) is 3.04. The molecule has 0 aliphatic carbocycles. The molecule has 0 atom stereocenters. The van der Waals surface area contributed by atoms with Crippen LogP contribution in [0.5, 0.6) is 0 Å². The van der Waals surface area contributed by atoms with Crippen molar-refractivity contribution in [3.63, 3.8) is 0 Å². The van der Waals surface area contributed by atoms with Crippen molar-refractivity contribution in [2.24, 2.45) is 0 Å². The molecule has 0 spiro atoms. The monoisotopic (exact) mass is 354 g/mol. The molecule has 0 fully saturated rings. The van der Waals surface area contributed by atoms with Gasteiger partial charge in [-0.15, -0.1) is 0 Å². The van der Waals surface area contributed by atoms with Crippen molar-refractivity contribution < 1.29 is 0 Å². The molecule has 0 amide bonds. The largest absolute Gasteiger partial charge is 0.349 e. The van der Waals surface area contributed by atoms with Gasteiger partial charge in [0.15, 0.2) is 0 Å². The Bertz CT molecular complexity index is 1040. The first kappa shape index (κ1) is 13.2. The summed E-state index contributed by atoms with van der Waals surface area (Å²) in [4.78, 5) is 24.3. The maximum absolute atomic E-state index is 12.6. The summed E-state index contributed by atoms with van der Waals surface area (Å²) in [6, 6.07) is 9.63. The van der Waals surface area contributed by atoms with Gasteiger partial charge in [-0.05, 0) is 29.8 Å². The Hall–Kier alpha value is -2.47. The van der Waals surface area contributed by atoms with Crippen LogP contribution in [0.1, 0.15) is 5.56 Å².